The Balaban J connectivity index is 1.54. The van der Waals surface area contributed by atoms with Crippen LogP contribution in [0.3, 0.4) is 0 Å². The van der Waals surface area contributed by atoms with Crippen molar-refractivity contribution in [3.8, 4) is 0 Å². The van der Waals surface area contributed by atoms with Crippen molar-refractivity contribution in [1.29, 1.82) is 0 Å². The van der Waals surface area contributed by atoms with Gasteiger partial charge >= 0.3 is 0 Å². The third kappa shape index (κ3) is 2.89. The molecule has 0 spiro atoms. The molecule has 1 aromatic rings. The molecule has 4 nitrogen and oxygen atoms in total. The summed E-state index contributed by atoms with van der Waals surface area (Å²) in [7, 11) is 1.89. The highest BCUT2D eigenvalue weighted by Gasteiger charge is 2.23. The highest BCUT2D eigenvalue weighted by Crippen LogP contribution is 2.19. The number of benzene rings is 1. The zero-order valence-electron chi connectivity index (χ0n) is 12.3. The van der Waals surface area contributed by atoms with Crippen molar-refractivity contribution in [2.75, 3.05) is 38.1 Å². The van der Waals surface area contributed by atoms with Gasteiger partial charge in [0.25, 0.3) is 0 Å². The monoisotopic (exact) mass is 272 g/mol. The van der Waals surface area contributed by atoms with Gasteiger partial charge in [-0.2, -0.15) is 0 Å². The summed E-state index contributed by atoms with van der Waals surface area (Å²) in [4.78, 5) is 9.28. The van der Waals surface area contributed by atoms with Crippen molar-refractivity contribution in [2.45, 2.75) is 25.3 Å². The number of rotatable bonds is 2. The first-order chi connectivity index (χ1) is 9.86. The van der Waals surface area contributed by atoms with Gasteiger partial charge in [-0.25, -0.2) is 0 Å². The summed E-state index contributed by atoms with van der Waals surface area (Å²) in [6.45, 7) is 4.22. The Hall–Kier alpha value is -1.71. The summed E-state index contributed by atoms with van der Waals surface area (Å²) in [5.41, 5.74) is 1.33. The molecule has 1 aromatic carbocycles. The lowest BCUT2D eigenvalue weighted by molar-refractivity contribution is 0.332. The van der Waals surface area contributed by atoms with Crippen molar-refractivity contribution in [3.05, 3.63) is 30.3 Å². The number of anilines is 1. The number of hydrogen-bond donors (Lipinski definition) is 1. The first-order valence-corrected chi connectivity index (χ1v) is 7.65. The number of hydrogen-bond acceptors (Lipinski definition) is 2. The molecule has 1 saturated heterocycles. The molecule has 2 fully saturated rings. The van der Waals surface area contributed by atoms with E-state index in [1.54, 1.807) is 0 Å². The summed E-state index contributed by atoms with van der Waals surface area (Å²) < 4.78 is 0. The number of para-hydroxylation sites is 1. The van der Waals surface area contributed by atoms with Crippen LogP contribution in [-0.4, -0.2) is 50.1 Å². The van der Waals surface area contributed by atoms with Crippen LogP contribution < -0.4 is 10.2 Å². The predicted octanol–water partition coefficient (Wildman–Crippen LogP) is 1.94. The van der Waals surface area contributed by atoms with Crippen LogP contribution in [0.1, 0.15) is 19.3 Å². The third-order valence-corrected chi connectivity index (χ3v) is 4.35. The van der Waals surface area contributed by atoms with E-state index < -0.39 is 0 Å². The van der Waals surface area contributed by atoms with Crippen LogP contribution in [-0.2, 0) is 0 Å². The molecule has 0 unspecified atom stereocenters. The van der Waals surface area contributed by atoms with Crippen molar-refractivity contribution in [3.63, 3.8) is 0 Å². The minimum atomic E-state index is 0.654. The summed E-state index contributed by atoms with van der Waals surface area (Å²) in [6.07, 6.45) is 3.95. The molecule has 0 bridgehead atoms. The number of nitrogens with zero attached hydrogens (tertiary/aromatic N) is 3. The zero-order chi connectivity index (χ0) is 13.8. The maximum absolute atomic E-state index is 4.44. The fourth-order valence-corrected chi connectivity index (χ4v) is 2.85. The molecule has 108 valence electrons. The van der Waals surface area contributed by atoms with Crippen molar-refractivity contribution in [2.24, 2.45) is 4.99 Å². The predicted molar refractivity (Wildman–Crippen MR) is 84.4 cm³/mol. The Bertz CT molecular complexity index is 445. The summed E-state index contributed by atoms with van der Waals surface area (Å²) in [5, 5.41) is 3.58. The second kappa shape index (κ2) is 6.16. The lowest BCUT2D eigenvalue weighted by atomic mass is 9.93. The van der Waals surface area contributed by atoms with E-state index >= 15 is 0 Å². The Morgan fingerprint density at radius 1 is 1.10 bits per heavy atom. The van der Waals surface area contributed by atoms with Gasteiger partial charge in [-0.15, -0.1) is 0 Å². The van der Waals surface area contributed by atoms with Crippen LogP contribution in [0, 0.1) is 0 Å². The standard InChI is InChI=1S/C16H24N4/c1-17-16(18-14-6-5-7-14)20-12-10-19(11-13-20)15-8-3-2-4-9-15/h2-4,8-9,14H,5-7,10-13H2,1H3,(H,17,18). The van der Waals surface area contributed by atoms with Gasteiger partial charge in [0.1, 0.15) is 0 Å². The molecular weight excluding hydrogens is 248 g/mol. The quantitative estimate of drug-likeness (QED) is 0.659. The summed E-state index contributed by atoms with van der Waals surface area (Å²) in [6, 6.07) is 11.3. The van der Waals surface area contributed by atoms with E-state index in [-0.39, 0.29) is 0 Å². The maximum Gasteiger partial charge on any atom is 0.193 e. The van der Waals surface area contributed by atoms with E-state index in [1.807, 2.05) is 7.05 Å². The Morgan fingerprint density at radius 3 is 2.35 bits per heavy atom. The molecule has 4 heteroatoms. The van der Waals surface area contributed by atoms with Crippen LogP contribution >= 0.6 is 0 Å². The number of nitrogens with one attached hydrogen (secondary N) is 1. The molecular formula is C16H24N4. The van der Waals surface area contributed by atoms with Crippen LogP contribution in [0.5, 0.6) is 0 Å². The second-order valence-electron chi connectivity index (χ2n) is 5.63. The van der Waals surface area contributed by atoms with E-state index in [9.17, 15) is 0 Å². The first-order valence-electron chi connectivity index (χ1n) is 7.65. The van der Waals surface area contributed by atoms with E-state index in [0.717, 1.165) is 32.1 Å². The zero-order valence-corrected chi connectivity index (χ0v) is 12.3. The minimum Gasteiger partial charge on any atom is -0.368 e. The molecule has 0 aromatic heterocycles. The minimum absolute atomic E-state index is 0.654. The summed E-state index contributed by atoms with van der Waals surface area (Å²) >= 11 is 0. The normalized spacial score (nSPS) is 20.8. The number of guanidine groups is 1. The fourth-order valence-electron chi connectivity index (χ4n) is 2.85. The number of piperazine rings is 1. The lowest BCUT2D eigenvalue weighted by Gasteiger charge is -2.39. The van der Waals surface area contributed by atoms with Gasteiger partial charge < -0.3 is 15.1 Å². The van der Waals surface area contributed by atoms with Crippen LogP contribution in [0.25, 0.3) is 0 Å². The van der Waals surface area contributed by atoms with Gasteiger partial charge in [0.05, 0.1) is 0 Å². The molecule has 0 radical (unpaired) electrons. The van der Waals surface area contributed by atoms with E-state index in [0.29, 0.717) is 6.04 Å². The lowest BCUT2D eigenvalue weighted by Crippen LogP contribution is -2.55. The number of aliphatic imine (C=N–C) groups is 1. The highest BCUT2D eigenvalue weighted by atomic mass is 15.3. The molecule has 1 aliphatic heterocycles. The third-order valence-electron chi connectivity index (χ3n) is 4.35. The topological polar surface area (TPSA) is 30.9 Å². The van der Waals surface area contributed by atoms with Gasteiger partial charge in [0.15, 0.2) is 5.96 Å². The van der Waals surface area contributed by atoms with Crippen molar-refractivity contribution < 1.29 is 0 Å². The molecule has 1 N–H and O–H groups in total. The Kier molecular flexibility index (Phi) is 4.09. The summed E-state index contributed by atoms with van der Waals surface area (Å²) in [5.74, 6) is 1.09. The average molecular weight is 272 g/mol. The van der Waals surface area contributed by atoms with Crippen molar-refractivity contribution in [1.82, 2.24) is 10.2 Å². The maximum atomic E-state index is 4.44. The smallest absolute Gasteiger partial charge is 0.193 e. The van der Waals surface area contributed by atoms with E-state index in [4.69, 9.17) is 0 Å². The van der Waals surface area contributed by atoms with Crippen LogP contribution in [0.2, 0.25) is 0 Å². The van der Waals surface area contributed by atoms with Crippen LogP contribution in [0.15, 0.2) is 35.3 Å². The van der Waals surface area contributed by atoms with E-state index in [2.05, 4.69) is 50.4 Å². The van der Waals surface area contributed by atoms with Crippen molar-refractivity contribution >= 4 is 11.6 Å². The van der Waals surface area contributed by atoms with Crippen LogP contribution in [0.4, 0.5) is 5.69 Å². The largest absolute Gasteiger partial charge is 0.368 e. The molecule has 3 rings (SSSR count). The Morgan fingerprint density at radius 2 is 1.80 bits per heavy atom. The van der Waals surface area contributed by atoms with Gasteiger partial charge in [0, 0.05) is 45.0 Å². The highest BCUT2D eigenvalue weighted by molar-refractivity contribution is 5.80. The SMILES string of the molecule is CN=C(NC1CCC1)N1CCN(c2ccccc2)CC1. The van der Waals surface area contributed by atoms with Gasteiger partial charge in [-0.1, -0.05) is 18.2 Å². The molecule has 1 saturated carbocycles. The average Bonchev–Trinajstić information content (AvgIpc) is 2.48. The van der Waals surface area contributed by atoms with Gasteiger partial charge in [-0.3, -0.25) is 4.99 Å². The molecule has 0 atom stereocenters. The fraction of sp³-hybridized carbons (Fsp3) is 0.562. The Labute approximate surface area is 121 Å². The van der Waals surface area contributed by atoms with E-state index in [1.165, 1.54) is 24.9 Å². The first kappa shape index (κ1) is 13.3. The second-order valence-corrected chi connectivity index (χ2v) is 5.63. The van der Waals surface area contributed by atoms with Gasteiger partial charge in [0.2, 0.25) is 0 Å². The van der Waals surface area contributed by atoms with Gasteiger partial charge in [-0.05, 0) is 31.4 Å². The molecule has 1 heterocycles. The molecule has 20 heavy (non-hydrogen) atoms. The molecule has 1 aliphatic carbocycles. The molecule has 2 aliphatic rings. The molecule has 0 amide bonds.